The van der Waals surface area contributed by atoms with Crippen LogP contribution in [0.5, 0.6) is 0 Å². The lowest BCUT2D eigenvalue weighted by Crippen LogP contribution is -2.12. The highest BCUT2D eigenvalue weighted by Crippen LogP contribution is 2.39. The Morgan fingerprint density at radius 1 is 1.13 bits per heavy atom. The number of hydrogen-bond acceptors (Lipinski definition) is 3. The van der Waals surface area contributed by atoms with E-state index in [-0.39, 0.29) is 31.9 Å². The number of aromatic nitrogens is 1. The van der Waals surface area contributed by atoms with E-state index < -0.39 is 17.8 Å². The normalized spacial score (nSPS) is 11.4. The van der Waals surface area contributed by atoms with Gasteiger partial charge in [0.25, 0.3) is 0 Å². The molecule has 0 fully saturated rings. The summed E-state index contributed by atoms with van der Waals surface area (Å²) >= 11 is 17.8. The van der Waals surface area contributed by atoms with Gasteiger partial charge in [0.1, 0.15) is 5.69 Å². The Kier molecular flexibility index (Phi) is 5.08. The van der Waals surface area contributed by atoms with Gasteiger partial charge in [0.05, 0.1) is 28.4 Å². The number of methoxy groups -OCH3 is 1. The van der Waals surface area contributed by atoms with Crippen LogP contribution in [0.1, 0.15) is 16.1 Å². The van der Waals surface area contributed by atoms with Crippen molar-refractivity contribution in [1.29, 1.82) is 0 Å². The van der Waals surface area contributed by atoms with Gasteiger partial charge in [-0.15, -0.1) is 0 Å². The number of rotatable bonds is 2. The van der Waals surface area contributed by atoms with Crippen LogP contribution in [0.4, 0.5) is 13.2 Å². The van der Waals surface area contributed by atoms with Crippen LogP contribution in [-0.4, -0.2) is 18.1 Å². The summed E-state index contributed by atoms with van der Waals surface area (Å²) in [5.41, 5.74) is -1.77. The smallest absolute Gasteiger partial charge is 0.433 e. The molecule has 1 aromatic heterocycles. The molecule has 0 atom stereocenters. The van der Waals surface area contributed by atoms with Gasteiger partial charge in [-0.05, 0) is 24.3 Å². The van der Waals surface area contributed by atoms with Gasteiger partial charge in [0.2, 0.25) is 0 Å². The molecule has 0 amide bonds. The average Bonchev–Trinajstić information content (AvgIpc) is 2.44. The van der Waals surface area contributed by atoms with Gasteiger partial charge < -0.3 is 4.74 Å². The molecule has 1 heterocycles. The zero-order chi connectivity index (χ0) is 17.4. The summed E-state index contributed by atoms with van der Waals surface area (Å²) in [6, 6.07) is 4.20. The number of halogens is 6. The van der Waals surface area contributed by atoms with E-state index in [1.165, 1.54) is 12.1 Å². The quantitative estimate of drug-likeness (QED) is 0.641. The van der Waals surface area contributed by atoms with Crippen LogP contribution in [0.3, 0.4) is 0 Å². The molecule has 0 spiro atoms. The van der Waals surface area contributed by atoms with Gasteiger partial charge in [-0.3, -0.25) is 0 Å². The molecule has 0 aliphatic rings. The molecule has 0 saturated carbocycles. The first kappa shape index (κ1) is 17.8. The summed E-state index contributed by atoms with van der Waals surface area (Å²) in [6.45, 7) is 0. The van der Waals surface area contributed by atoms with Crippen molar-refractivity contribution in [2.75, 3.05) is 7.11 Å². The number of carbonyl (C=O) groups excluding carboxylic acids is 1. The van der Waals surface area contributed by atoms with E-state index in [9.17, 15) is 18.0 Å². The zero-order valence-electron chi connectivity index (χ0n) is 11.3. The first-order valence-electron chi connectivity index (χ1n) is 5.96. The molecule has 122 valence electrons. The minimum Gasteiger partial charge on any atom is -0.465 e. The fourth-order valence-electron chi connectivity index (χ4n) is 1.85. The van der Waals surface area contributed by atoms with Crippen LogP contribution in [0.25, 0.3) is 11.3 Å². The molecule has 1 aromatic carbocycles. The average molecular weight is 385 g/mol. The van der Waals surface area contributed by atoms with E-state index in [2.05, 4.69) is 9.72 Å². The van der Waals surface area contributed by atoms with Gasteiger partial charge in [-0.25, -0.2) is 9.78 Å². The zero-order valence-corrected chi connectivity index (χ0v) is 13.6. The van der Waals surface area contributed by atoms with Crippen molar-refractivity contribution in [2.45, 2.75) is 6.18 Å². The number of hydrogen-bond donors (Lipinski definition) is 0. The van der Waals surface area contributed by atoms with E-state index in [4.69, 9.17) is 34.8 Å². The topological polar surface area (TPSA) is 39.2 Å². The predicted octanol–water partition coefficient (Wildman–Crippen LogP) is 5.51. The van der Waals surface area contributed by atoms with Crippen molar-refractivity contribution in [3.8, 4) is 11.3 Å². The Hall–Kier alpha value is -1.50. The van der Waals surface area contributed by atoms with Gasteiger partial charge in [0.15, 0.2) is 0 Å². The summed E-state index contributed by atoms with van der Waals surface area (Å²) < 4.78 is 43.2. The van der Waals surface area contributed by atoms with Crippen LogP contribution >= 0.6 is 34.8 Å². The molecule has 0 radical (unpaired) electrons. The van der Waals surface area contributed by atoms with E-state index in [1.54, 1.807) is 0 Å². The summed E-state index contributed by atoms with van der Waals surface area (Å²) in [4.78, 5) is 15.3. The van der Waals surface area contributed by atoms with Gasteiger partial charge in [0, 0.05) is 10.6 Å². The molecule has 0 saturated heterocycles. The number of esters is 1. The van der Waals surface area contributed by atoms with E-state index in [0.717, 1.165) is 13.2 Å². The van der Waals surface area contributed by atoms with Crippen molar-refractivity contribution in [3.63, 3.8) is 0 Å². The van der Waals surface area contributed by atoms with Crippen LogP contribution in [0.15, 0.2) is 24.3 Å². The Balaban J connectivity index is 2.80. The maximum absolute atomic E-state index is 12.9. The third kappa shape index (κ3) is 3.71. The SMILES string of the molecule is COC(=O)c1ccc(C(F)(F)F)nc1-c1c(Cl)cc(Cl)cc1Cl. The Bertz CT molecular complexity index is 755. The van der Waals surface area contributed by atoms with E-state index >= 15 is 0 Å². The lowest BCUT2D eigenvalue weighted by atomic mass is 10.0. The van der Waals surface area contributed by atoms with Crippen molar-refractivity contribution in [3.05, 3.63) is 50.6 Å². The second-order valence-corrected chi connectivity index (χ2v) is 5.58. The molecule has 2 rings (SSSR count). The maximum atomic E-state index is 12.9. The van der Waals surface area contributed by atoms with Gasteiger partial charge >= 0.3 is 12.1 Å². The monoisotopic (exact) mass is 383 g/mol. The second-order valence-electron chi connectivity index (χ2n) is 4.33. The third-order valence-electron chi connectivity index (χ3n) is 2.83. The van der Waals surface area contributed by atoms with Crippen molar-refractivity contribution in [2.24, 2.45) is 0 Å². The molecule has 0 bridgehead atoms. The molecular weight excluding hydrogens is 378 g/mol. The number of pyridine rings is 1. The molecule has 9 heteroatoms. The first-order chi connectivity index (χ1) is 10.6. The van der Waals surface area contributed by atoms with Crippen molar-refractivity contribution < 1.29 is 22.7 Å². The van der Waals surface area contributed by atoms with Crippen LogP contribution in [0.2, 0.25) is 15.1 Å². The second kappa shape index (κ2) is 6.55. The number of alkyl halides is 3. The molecule has 2 aromatic rings. The summed E-state index contributed by atoms with van der Waals surface area (Å²) in [6.07, 6.45) is -4.70. The highest BCUT2D eigenvalue weighted by molar-refractivity contribution is 6.42. The number of carbonyl (C=O) groups is 1. The fraction of sp³-hybridized carbons (Fsp3) is 0.143. The van der Waals surface area contributed by atoms with E-state index in [1.807, 2.05) is 0 Å². The van der Waals surface area contributed by atoms with Crippen LogP contribution < -0.4 is 0 Å². The Labute approximate surface area is 143 Å². The highest BCUT2D eigenvalue weighted by Gasteiger charge is 2.34. The maximum Gasteiger partial charge on any atom is 0.433 e. The molecule has 0 aliphatic carbocycles. The highest BCUT2D eigenvalue weighted by atomic mass is 35.5. The van der Waals surface area contributed by atoms with Crippen LogP contribution in [0, 0.1) is 0 Å². The largest absolute Gasteiger partial charge is 0.465 e. The molecule has 23 heavy (non-hydrogen) atoms. The summed E-state index contributed by atoms with van der Waals surface area (Å²) in [7, 11) is 1.09. The molecule has 0 aliphatic heterocycles. The molecule has 0 unspecified atom stereocenters. The Morgan fingerprint density at radius 2 is 1.70 bits per heavy atom. The van der Waals surface area contributed by atoms with Gasteiger partial charge in [-0.2, -0.15) is 13.2 Å². The molecule has 0 N–H and O–H groups in total. The lowest BCUT2D eigenvalue weighted by Gasteiger charge is -2.14. The number of ether oxygens (including phenoxy) is 1. The fourth-order valence-corrected chi connectivity index (χ4v) is 2.85. The number of nitrogens with zero attached hydrogens (tertiary/aromatic N) is 1. The predicted molar refractivity (Wildman–Crippen MR) is 81.0 cm³/mol. The van der Waals surface area contributed by atoms with Crippen molar-refractivity contribution >= 4 is 40.8 Å². The van der Waals surface area contributed by atoms with Crippen LogP contribution in [-0.2, 0) is 10.9 Å². The molecular formula is C14H7Cl3F3NO2. The van der Waals surface area contributed by atoms with Crippen molar-refractivity contribution in [1.82, 2.24) is 4.98 Å². The first-order valence-corrected chi connectivity index (χ1v) is 7.10. The van der Waals surface area contributed by atoms with Gasteiger partial charge in [-0.1, -0.05) is 34.8 Å². The summed E-state index contributed by atoms with van der Waals surface area (Å²) in [5.74, 6) is -0.872. The summed E-state index contributed by atoms with van der Waals surface area (Å²) in [5, 5.41) is 0.106. The standard InChI is InChI=1S/C14H7Cl3F3NO2/c1-23-13(22)7-2-3-10(14(18,19)20)21-12(7)11-8(16)4-6(15)5-9(11)17/h2-5H,1H3. The lowest BCUT2D eigenvalue weighted by molar-refractivity contribution is -0.141. The third-order valence-corrected chi connectivity index (χ3v) is 3.65. The minimum atomic E-state index is -4.70. The van der Waals surface area contributed by atoms with E-state index in [0.29, 0.717) is 6.07 Å². The molecule has 3 nitrogen and oxygen atoms in total. The Morgan fingerprint density at radius 3 is 2.17 bits per heavy atom. The minimum absolute atomic E-state index is 0.0377. The number of benzene rings is 1.